The Morgan fingerprint density at radius 3 is 2.29 bits per heavy atom. The van der Waals surface area contributed by atoms with E-state index in [2.05, 4.69) is 77.2 Å². The quantitative estimate of drug-likeness (QED) is 0.643. The van der Waals surface area contributed by atoms with E-state index < -0.39 is 0 Å². The van der Waals surface area contributed by atoms with Crippen LogP contribution in [0, 0.1) is 0 Å². The maximum Gasteiger partial charge on any atom is 0.491 e. The first-order chi connectivity index (χ1) is 9.79. The predicted octanol–water partition coefficient (Wildman–Crippen LogP) is 4.06. The van der Waals surface area contributed by atoms with Crippen LogP contribution in [-0.2, 0) is 15.1 Å². The monoisotopic (exact) mass is 322 g/mol. The van der Waals surface area contributed by atoms with Crippen molar-refractivity contribution >= 4 is 38.5 Å². The minimum Gasteiger partial charge on any atom is -0.400 e. The molecule has 0 N–H and O–H groups in total. The van der Waals surface area contributed by atoms with Gasteiger partial charge in [0.2, 0.25) is 0 Å². The summed E-state index contributed by atoms with van der Waals surface area (Å²) in [7, 11) is -0.341. The molecule has 0 spiro atoms. The first-order valence-corrected chi connectivity index (χ1v) is 8.42. The lowest BCUT2D eigenvalue weighted by Gasteiger charge is -2.32. The molecule has 0 saturated carbocycles. The van der Waals surface area contributed by atoms with Crippen molar-refractivity contribution in [1.82, 2.24) is 0 Å². The van der Waals surface area contributed by atoms with Crippen molar-refractivity contribution in [2.45, 2.75) is 44.6 Å². The fourth-order valence-corrected chi connectivity index (χ4v) is 2.62. The lowest BCUT2D eigenvalue weighted by molar-refractivity contribution is 0.00578. The third-order valence-corrected chi connectivity index (χ3v) is 4.95. The van der Waals surface area contributed by atoms with Crippen LogP contribution in [0.25, 0.3) is 6.08 Å². The van der Waals surface area contributed by atoms with Crippen LogP contribution in [0.5, 0.6) is 0 Å². The normalized spacial score (nSPS) is 20.9. The zero-order valence-corrected chi connectivity index (χ0v) is 14.9. The molecule has 1 aliphatic heterocycles. The predicted molar refractivity (Wildman–Crippen MR) is 97.0 cm³/mol. The molecule has 0 aromatic heterocycles. The van der Waals surface area contributed by atoms with E-state index in [1.54, 1.807) is 0 Å². The van der Waals surface area contributed by atoms with Crippen molar-refractivity contribution in [3.63, 3.8) is 0 Å². The van der Waals surface area contributed by atoms with E-state index in [9.17, 15) is 0 Å². The van der Waals surface area contributed by atoms with Gasteiger partial charge < -0.3 is 9.31 Å². The van der Waals surface area contributed by atoms with E-state index in [1.807, 2.05) is 6.07 Å². The summed E-state index contributed by atoms with van der Waals surface area (Å²) in [6.45, 7) is 8.24. The van der Waals surface area contributed by atoms with Gasteiger partial charge in [0.1, 0.15) is 0 Å². The summed E-state index contributed by atoms with van der Waals surface area (Å²) < 4.78 is 12.2. The molecule has 0 atom stereocenters. The zero-order chi connectivity index (χ0) is 15.7. The SMILES string of the molecule is CC1(C)OB(C(=Cc2cccc(CS)c2)CS)OC1(C)C. The Bertz CT molecular complexity index is 525. The van der Waals surface area contributed by atoms with E-state index >= 15 is 0 Å². The van der Waals surface area contributed by atoms with Gasteiger partial charge >= 0.3 is 7.12 Å². The third-order valence-electron chi connectivity index (χ3n) is 4.22. The van der Waals surface area contributed by atoms with E-state index in [1.165, 1.54) is 5.56 Å². The molecule has 114 valence electrons. The molecule has 5 heteroatoms. The van der Waals surface area contributed by atoms with Crippen molar-refractivity contribution < 1.29 is 9.31 Å². The first kappa shape index (κ1) is 17.0. The van der Waals surface area contributed by atoms with Crippen LogP contribution in [0.2, 0.25) is 0 Å². The van der Waals surface area contributed by atoms with Crippen LogP contribution in [0.3, 0.4) is 0 Å². The standard InChI is InChI=1S/C16H23BO2S2/c1-15(2)16(3,4)19-17(18-15)14(11-21)9-12-6-5-7-13(8-12)10-20/h5-9,20-21H,10-11H2,1-4H3. The van der Waals surface area contributed by atoms with Crippen LogP contribution in [0.1, 0.15) is 38.8 Å². The van der Waals surface area contributed by atoms with E-state index in [0.29, 0.717) is 5.75 Å². The average Bonchev–Trinajstić information content (AvgIpc) is 2.65. The molecule has 2 nitrogen and oxygen atoms in total. The van der Waals surface area contributed by atoms with Gasteiger partial charge in [0.15, 0.2) is 0 Å². The number of hydrogen-bond donors (Lipinski definition) is 2. The molecule has 0 aliphatic carbocycles. The largest absolute Gasteiger partial charge is 0.491 e. The highest BCUT2D eigenvalue weighted by Gasteiger charge is 2.52. The second-order valence-corrected chi connectivity index (χ2v) is 7.00. The van der Waals surface area contributed by atoms with Crippen LogP contribution in [0.15, 0.2) is 29.7 Å². The number of rotatable bonds is 4. The highest BCUT2D eigenvalue weighted by Crippen LogP contribution is 2.39. The van der Waals surface area contributed by atoms with Crippen molar-refractivity contribution in [2.24, 2.45) is 0 Å². The lowest BCUT2D eigenvalue weighted by Crippen LogP contribution is -2.41. The van der Waals surface area contributed by atoms with Gasteiger partial charge in [-0.3, -0.25) is 0 Å². The van der Waals surface area contributed by atoms with Crippen LogP contribution >= 0.6 is 25.3 Å². The Labute approximate surface area is 139 Å². The van der Waals surface area contributed by atoms with Crippen LogP contribution in [-0.4, -0.2) is 24.1 Å². The topological polar surface area (TPSA) is 18.5 Å². The van der Waals surface area contributed by atoms with Gasteiger partial charge in [0, 0.05) is 11.5 Å². The minimum atomic E-state index is -0.341. The fraction of sp³-hybridized carbons (Fsp3) is 0.500. The van der Waals surface area contributed by atoms with E-state index in [0.717, 1.165) is 16.8 Å². The Hall–Kier alpha value is -0.355. The maximum atomic E-state index is 6.09. The van der Waals surface area contributed by atoms with E-state index in [-0.39, 0.29) is 18.3 Å². The highest BCUT2D eigenvalue weighted by molar-refractivity contribution is 7.80. The average molecular weight is 322 g/mol. The molecule has 0 bridgehead atoms. The number of benzene rings is 1. The summed E-state index contributed by atoms with van der Waals surface area (Å²) in [5.41, 5.74) is 2.70. The molecule has 21 heavy (non-hydrogen) atoms. The molecule has 2 rings (SSSR count). The van der Waals surface area contributed by atoms with Gasteiger partial charge in [0.05, 0.1) is 11.2 Å². The summed E-state index contributed by atoms with van der Waals surface area (Å²) in [6.07, 6.45) is 2.10. The first-order valence-electron chi connectivity index (χ1n) is 7.16. The fourth-order valence-electron chi connectivity index (χ4n) is 2.18. The van der Waals surface area contributed by atoms with Gasteiger partial charge in [-0.1, -0.05) is 30.3 Å². The molecule has 1 fully saturated rings. The Kier molecular flexibility index (Phi) is 5.19. The van der Waals surface area contributed by atoms with Gasteiger partial charge in [-0.15, -0.1) is 0 Å². The maximum absolute atomic E-state index is 6.09. The Morgan fingerprint density at radius 1 is 1.14 bits per heavy atom. The van der Waals surface area contributed by atoms with Crippen LogP contribution in [0.4, 0.5) is 0 Å². The summed E-state index contributed by atoms with van der Waals surface area (Å²) in [5.74, 6) is 1.33. The number of hydrogen-bond acceptors (Lipinski definition) is 4. The van der Waals surface area contributed by atoms with Gasteiger partial charge in [0.25, 0.3) is 0 Å². The van der Waals surface area contributed by atoms with Crippen molar-refractivity contribution in [2.75, 3.05) is 5.75 Å². The summed E-state index contributed by atoms with van der Waals surface area (Å²) in [6, 6.07) is 8.31. The van der Waals surface area contributed by atoms with Gasteiger partial charge in [-0.2, -0.15) is 25.3 Å². The Balaban J connectivity index is 2.26. The van der Waals surface area contributed by atoms with Crippen molar-refractivity contribution in [3.05, 3.63) is 40.9 Å². The Morgan fingerprint density at radius 2 is 1.76 bits per heavy atom. The molecule has 1 aromatic carbocycles. The smallest absolute Gasteiger partial charge is 0.400 e. The highest BCUT2D eigenvalue weighted by atomic mass is 32.1. The molecule has 0 radical (unpaired) electrons. The summed E-state index contributed by atoms with van der Waals surface area (Å²) >= 11 is 8.76. The minimum absolute atomic E-state index is 0.327. The lowest BCUT2D eigenvalue weighted by atomic mass is 9.78. The molecule has 0 unspecified atom stereocenters. The molecule has 1 aromatic rings. The van der Waals surface area contributed by atoms with E-state index in [4.69, 9.17) is 9.31 Å². The van der Waals surface area contributed by atoms with Crippen molar-refractivity contribution in [3.8, 4) is 0 Å². The van der Waals surface area contributed by atoms with Crippen LogP contribution < -0.4 is 0 Å². The second-order valence-electron chi connectivity index (χ2n) is 6.37. The molecule has 1 aliphatic rings. The summed E-state index contributed by atoms with van der Waals surface area (Å²) in [4.78, 5) is 0. The number of thiol groups is 2. The molecular formula is C16H23BO2S2. The van der Waals surface area contributed by atoms with Crippen molar-refractivity contribution in [1.29, 1.82) is 0 Å². The second kappa shape index (κ2) is 6.41. The molecule has 1 saturated heterocycles. The van der Waals surface area contributed by atoms with Gasteiger partial charge in [-0.25, -0.2) is 0 Å². The molecular weight excluding hydrogens is 299 g/mol. The zero-order valence-electron chi connectivity index (χ0n) is 13.1. The molecule has 1 heterocycles. The van der Waals surface area contributed by atoms with Gasteiger partial charge in [-0.05, 0) is 44.3 Å². The molecule has 0 amide bonds. The summed E-state index contributed by atoms with van der Waals surface area (Å²) in [5, 5.41) is 0. The third kappa shape index (κ3) is 3.70.